The van der Waals surface area contributed by atoms with Gasteiger partial charge in [-0.2, -0.15) is 0 Å². The van der Waals surface area contributed by atoms with E-state index in [4.69, 9.17) is 6.42 Å². The van der Waals surface area contributed by atoms with Crippen LogP contribution in [0.1, 0.15) is 28.7 Å². The number of benzene rings is 4. The minimum Gasteiger partial charge on any atom is -0.115 e. The largest absolute Gasteiger partial charge is 0.115 e. The van der Waals surface area contributed by atoms with Gasteiger partial charge in [0.2, 0.25) is 0 Å². The molecule has 142 valence electrons. The summed E-state index contributed by atoms with van der Waals surface area (Å²) in [6.07, 6.45) is 12.3. The van der Waals surface area contributed by atoms with Crippen molar-refractivity contribution in [3.63, 3.8) is 0 Å². The van der Waals surface area contributed by atoms with E-state index in [1.807, 2.05) is 6.08 Å². The third kappa shape index (κ3) is 2.79. The van der Waals surface area contributed by atoms with Gasteiger partial charge < -0.3 is 0 Å². The predicted molar refractivity (Wildman–Crippen MR) is 127 cm³/mol. The zero-order chi connectivity index (χ0) is 20.4. The van der Waals surface area contributed by atoms with Gasteiger partial charge in [-0.15, -0.1) is 6.42 Å². The van der Waals surface area contributed by atoms with E-state index in [1.54, 1.807) is 6.08 Å². The first-order valence-corrected chi connectivity index (χ1v) is 10.3. The minimum atomic E-state index is -0.258. The maximum atomic E-state index is 5.47. The Kier molecular flexibility index (Phi) is 4.58. The molecule has 0 spiro atoms. The second-order valence-electron chi connectivity index (χ2n) is 7.74. The summed E-state index contributed by atoms with van der Waals surface area (Å²) in [6, 6.07) is 35.1. The van der Waals surface area contributed by atoms with Crippen LogP contribution in [-0.2, 0) is 5.41 Å². The molecule has 0 heterocycles. The molecule has 1 aliphatic carbocycles. The molecule has 0 fully saturated rings. The van der Waals surface area contributed by atoms with Crippen LogP contribution in [0.25, 0.3) is 16.3 Å². The Morgan fingerprint density at radius 1 is 0.733 bits per heavy atom. The summed E-state index contributed by atoms with van der Waals surface area (Å²) < 4.78 is 0. The highest BCUT2D eigenvalue weighted by Gasteiger charge is 2.41. The van der Waals surface area contributed by atoms with E-state index in [2.05, 4.69) is 109 Å². The van der Waals surface area contributed by atoms with Crippen LogP contribution in [0.2, 0.25) is 0 Å². The molecule has 0 atom stereocenters. The molecule has 0 N–H and O–H groups in total. The summed E-state index contributed by atoms with van der Waals surface area (Å²) in [6.45, 7) is 0. The van der Waals surface area contributed by atoms with Gasteiger partial charge in [0.15, 0.2) is 0 Å². The van der Waals surface area contributed by atoms with Crippen molar-refractivity contribution in [2.45, 2.75) is 11.8 Å². The molecule has 0 unspecified atom stereocenters. The molecule has 0 saturated carbocycles. The van der Waals surface area contributed by atoms with Crippen molar-refractivity contribution >= 4 is 16.3 Å². The summed E-state index contributed by atoms with van der Waals surface area (Å²) >= 11 is 0. The van der Waals surface area contributed by atoms with Crippen LogP contribution >= 0.6 is 0 Å². The molecule has 5 rings (SSSR count). The van der Waals surface area contributed by atoms with Crippen molar-refractivity contribution in [2.75, 3.05) is 0 Å². The van der Waals surface area contributed by atoms with Gasteiger partial charge in [-0.3, -0.25) is 0 Å². The number of hydrogen-bond acceptors (Lipinski definition) is 0. The first-order valence-electron chi connectivity index (χ1n) is 10.3. The van der Waals surface area contributed by atoms with Crippen LogP contribution in [0.3, 0.4) is 0 Å². The molecule has 0 aromatic heterocycles. The van der Waals surface area contributed by atoms with E-state index in [0.717, 1.165) is 6.42 Å². The topological polar surface area (TPSA) is 0 Å². The average molecular weight is 383 g/mol. The van der Waals surface area contributed by atoms with Crippen molar-refractivity contribution in [3.8, 4) is 12.3 Å². The van der Waals surface area contributed by atoms with Gasteiger partial charge in [0, 0.05) is 5.41 Å². The Labute approximate surface area is 178 Å². The van der Waals surface area contributed by atoms with E-state index >= 15 is 0 Å². The molecular formula is C30H22. The molecule has 4 aromatic carbocycles. The second-order valence-corrected chi connectivity index (χ2v) is 7.74. The predicted octanol–water partition coefficient (Wildman–Crippen LogP) is 7.15. The lowest BCUT2D eigenvalue weighted by Crippen LogP contribution is -2.32. The van der Waals surface area contributed by atoms with Crippen molar-refractivity contribution in [1.82, 2.24) is 0 Å². The number of terminal acetylenes is 1. The lowest BCUT2D eigenvalue weighted by atomic mass is 9.61. The van der Waals surface area contributed by atoms with Crippen molar-refractivity contribution in [2.24, 2.45) is 0 Å². The summed E-state index contributed by atoms with van der Waals surface area (Å²) in [4.78, 5) is 0. The highest BCUT2D eigenvalue weighted by molar-refractivity contribution is 6.01. The zero-order valence-corrected chi connectivity index (χ0v) is 16.8. The van der Waals surface area contributed by atoms with Crippen molar-refractivity contribution in [3.05, 3.63) is 138 Å². The maximum absolute atomic E-state index is 5.47. The third-order valence-electron chi connectivity index (χ3n) is 6.19. The van der Waals surface area contributed by atoms with Crippen LogP contribution in [0.4, 0.5) is 0 Å². The van der Waals surface area contributed by atoms with Gasteiger partial charge in [-0.25, -0.2) is 0 Å². The molecular weight excluding hydrogens is 360 g/mol. The fourth-order valence-electron chi connectivity index (χ4n) is 4.94. The molecule has 1 aliphatic rings. The zero-order valence-electron chi connectivity index (χ0n) is 16.8. The Hall–Kier alpha value is -3.82. The van der Waals surface area contributed by atoms with Gasteiger partial charge in [-0.05, 0) is 51.1 Å². The van der Waals surface area contributed by atoms with Crippen LogP contribution < -0.4 is 0 Å². The lowest BCUT2D eigenvalue weighted by molar-refractivity contribution is 0.635. The average Bonchev–Trinajstić information content (AvgIpc) is 2.82. The molecule has 0 nitrogen and oxygen atoms in total. The van der Waals surface area contributed by atoms with Crippen LogP contribution in [0.5, 0.6) is 0 Å². The van der Waals surface area contributed by atoms with Crippen molar-refractivity contribution in [1.29, 1.82) is 0 Å². The standard InChI is InChI=1S/C30H22/c1-2-3-6-13-24-22-30(25-16-7-4-8-17-25,26-18-9-5-10-19-26)28-21-12-15-23-14-11-20-27(24)29(23)28/h1,3-21H,22H2/b6-3-,24-13+. The summed E-state index contributed by atoms with van der Waals surface area (Å²) in [5.74, 6) is 2.61. The first kappa shape index (κ1) is 18.2. The molecule has 0 radical (unpaired) electrons. The molecule has 0 saturated heterocycles. The van der Waals surface area contributed by atoms with Gasteiger partial charge in [-0.1, -0.05) is 115 Å². The van der Waals surface area contributed by atoms with Gasteiger partial charge >= 0.3 is 0 Å². The SMILES string of the molecule is C#C/C=C\C=C1/CC(c2ccccc2)(c2ccccc2)c2cccc3cccc1c23. The first-order chi connectivity index (χ1) is 14.8. The lowest BCUT2D eigenvalue weighted by Gasteiger charge is -2.41. The van der Waals surface area contributed by atoms with Gasteiger partial charge in [0.05, 0.1) is 0 Å². The molecule has 30 heavy (non-hydrogen) atoms. The highest BCUT2D eigenvalue weighted by Crippen LogP contribution is 2.52. The van der Waals surface area contributed by atoms with E-state index < -0.39 is 0 Å². The fraction of sp³-hybridized carbons (Fsp3) is 0.0667. The Morgan fingerprint density at radius 2 is 1.37 bits per heavy atom. The Bertz CT molecular complexity index is 1250. The maximum Gasteiger partial charge on any atom is 0.0498 e. The highest BCUT2D eigenvalue weighted by atomic mass is 14.4. The van der Waals surface area contributed by atoms with Gasteiger partial charge in [0.25, 0.3) is 0 Å². The minimum absolute atomic E-state index is 0.258. The number of rotatable bonds is 3. The molecule has 0 bridgehead atoms. The van der Waals surface area contributed by atoms with Crippen molar-refractivity contribution < 1.29 is 0 Å². The number of allylic oxidation sites excluding steroid dienone is 4. The second kappa shape index (κ2) is 7.54. The normalized spacial score (nSPS) is 16.0. The smallest absolute Gasteiger partial charge is 0.0498 e. The van der Waals surface area contributed by atoms with E-state index in [-0.39, 0.29) is 5.41 Å². The van der Waals surface area contributed by atoms with Gasteiger partial charge in [0.1, 0.15) is 0 Å². The molecule has 0 aliphatic heterocycles. The quantitative estimate of drug-likeness (QED) is 0.330. The Balaban J connectivity index is 1.93. The van der Waals surface area contributed by atoms with E-state index in [0.29, 0.717) is 0 Å². The molecule has 4 aromatic rings. The molecule has 0 amide bonds. The van der Waals surface area contributed by atoms with Crippen LogP contribution in [-0.4, -0.2) is 0 Å². The fourth-order valence-corrected chi connectivity index (χ4v) is 4.94. The van der Waals surface area contributed by atoms with E-state index in [9.17, 15) is 0 Å². The summed E-state index contributed by atoms with van der Waals surface area (Å²) in [7, 11) is 0. The Morgan fingerprint density at radius 3 is 2.00 bits per heavy atom. The van der Waals surface area contributed by atoms with Crippen LogP contribution in [0, 0.1) is 12.3 Å². The summed E-state index contributed by atoms with van der Waals surface area (Å²) in [5, 5.41) is 2.60. The van der Waals surface area contributed by atoms with E-state index in [1.165, 1.54) is 38.6 Å². The monoisotopic (exact) mass is 382 g/mol. The summed E-state index contributed by atoms with van der Waals surface area (Å²) in [5.41, 5.74) is 6.33. The third-order valence-corrected chi connectivity index (χ3v) is 6.19. The van der Waals surface area contributed by atoms with Crippen LogP contribution in [0.15, 0.2) is 115 Å². The molecule has 0 heteroatoms. The number of hydrogen-bond donors (Lipinski definition) is 0.